The first kappa shape index (κ1) is 18.4. The third-order valence-electron chi connectivity index (χ3n) is 4.63. The zero-order valence-electron chi connectivity index (χ0n) is 15.3. The van der Waals surface area contributed by atoms with Crippen LogP contribution in [-0.4, -0.2) is 34.2 Å². The van der Waals surface area contributed by atoms with E-state index in [0.29, 0.717) is 36.2 Å². The van der Waals surface area contributed by atoms with Gasteiger partial charge in [-0.3, -0.25) is 4.79 Å². The number of aryl methyl sites for hydroxylation is 1. The van der Waals surface area contributed by atoms with Gasteiger partial charge in [0.2, 0.25) is 5.91 Å². The molecule has 3 aromatic rings. The molecule has 1 aliphatic rings. The number of carbonyl (C=O) groups is 1. The van der Waals surface area contributed by atoms with Crippen LogP contribution in [0.2, 0.25) is 5.02 Å². The normalized spacial score (nSPS) is 13.6. The van der Waals surface area contributed by atoms with Crippen LogP contribution in [-0.2, 0) is 17.8 Å². The number of ether oxygens (including phenoxy) is 1. The summed E-state index contributed by atoms with van der Waals surface area (Å²) in [5.74, 6) is 0.910. The fourth-order valence-corrected chi connectivity index (χ4v) is 3.50. The summed E-state index contributed by atoms with van der Waals surface area (Å²) in [5.41, 5.74) is 3.17. The molecule has 0 atom stereocenters. The van der Waals surface area contributed by atoms with Gasteiger partial charge in [0.25, 0.3) is 0 Å². The van der Waals surface area contributed by atoms with Gasteiger partial charge < -0.3 is 19.3 Å². The fourth-order valence-electron chi connectivity index (χ4n) is 3.31. The Morgan fingerprint density at radius 1 is 1.25 bits per heavy atom. The molecule has 2 heterocycles. The summed E-state index contributed by atoms with van der Waals surface area (Å²) < 4.78 is 10.9. The maximum absolute atomic E-state index is 12.7. The zero-order valence-corrected chi connectivity index (χ0v) is 16.1. The van der Waals surface area contributed by atoms with E-state index in [9.17, 15) is 9.90 Å². The van der Waals surface area contributed by atoms with Crippen molar-refractivity contribution in [1.29, 1.82) is 0 Å². The number of rotatable bonds is 3. The fraction of sp³-hybridized carbons (Fsp3) is 0.238. The van der Waals surface area contributed by atoms with Gasteiger partial charge in [0.15, 0.2) is 11.5 Å². The van der Waals surface area contributed by atoms with E-state index in [2.05, 4.69) is 5.16 Å². The number of aromatic nitrogens is 1. The van der Waals surface area contributed by atoms with Gasteiger partial charge in [0.05, 0.1) is 18.7 Å². The van der Waals surface area contributed by atoms with E-state index in [4.69, 9.17) is 20.9 Å². The number of aromatic hydroxyl groups is 1. The van der Waals surface area contributed by atoms with Gasteiger partial charge in [0.1, 0.15) is 12.4 Å². The van der Waals surface area contributed by atoms with E-state index in [0.717, 1.165) is 22.4 Å². The quantitative estimate of drug-likeness (QED) is 0.722. The maximum Gasteiger partial charge on any atom is 0.230 e. The van der Waals surface area contributed by atoms with Gasteiger partial charge in [0, 0.05) is 23.2 Å². The summed E-state index contributed by atoms with van der Waals surface area (Å²) in [7, 11) is 0. The molecule has 0 saturated heterocycles. The highest BCUT2D eigenvalue weighted by Crippen LogP contribution is 2.38. The molecule has 1 aliphatic heterocycles. The third-order valence-corrected chi connectivity index (χ3v) is 4.86. The van der Waals surface area contributed by atoms with Gasteiger partial charge in [-0.25, -0.2) is 0 Å². The van der Waals surface area contributed by atoms with E-state index >= 15 is 0 Å². The van der Waals surface area contributed by atoms with Crippen LogP contribution in [0.15, 0.2) is 47.0 Å². The Morgan fingerprint density at radius 2 is 2.11 bits per heavy atom. The van der Waals surface area contributed by atoms with E-state index in [1.54, 1.807) is 23.1 Å². The molecule has 144 valence electrons. The first-order valence-corrected chi connectivity index (χ1v) is 9.32. The molecule has 0 radical (unpaired) electrons. The lowest BCUT2D eigenvalue weighted by atomic mass is 10.0. The Bertz CT molecular complexity index is 1030. The molecule has 0 aliphatic carbocycles. The Hall–Kier alpha value is -2.99. The van der Waals surface area contributed by atoms with Crippen molar-refractivity contribution in [2.75, 3.05) is 13.2 Å². The third kappa shape index (κ3) is 3.82. The number of benzene rings is 2. The first-order valence-electron chi connectivity index (χ1n) is 8.94. The molecular formula is C21H19ClN2O4. The predicted octanol–water partition coefficient (Wildman–Crippen LogP) is 3.97. The van der Waals surface area contributed by atoms with Crippen molar-refractivity contribution in [2.45, 2.75) is 19.9 Å². The number of phenols is 1. The van der Waals surface area contributed by atoms with Crippen molar-refractivity contribution in [3.8, 4) is 22.6 Å². The molecule has 0 spiro atoms. The number of amides is 1. The summed E-state index contributed by atoms with van der Waals surface area (Å²) in [5, 5.41) is 14.9. The van der Waals surface area contributed by atoms with E-state index < -0.39 is 0 Å². The summed E-state index contributed by atoms with van der Waals surface area (Å²) >= 11 is 6.09. The Kier molecular flexibility index (Phi) is 4.96. The molecule has 6 nitrogen and oxygen atoms in total. The van der Waals surface area contributed by atoms with Gasteiger partial charge in [-0.1, -0.05) is 28.9 Å². The Labute approximate surface area is 167 Å². The van der Waals surface area contributed by atoms with E-state index in [1.807, 2.05) is 31.2 Å². The molecule has 1 aromatic heterocycles. The molecule has 28 heavy (non-hydrogen) atoms. The van der Waals surface area contributed by atoms with Gasteiger partial charge >= 0.3 is 0 Å². The van der Waals surface area contributed by atoms with Crippen LogP contribution in [0.5, 0.6) is 11.5 Å². The minimum Gasteiger partial charge on any atom is -0.504 e. The lowest BCUT2D eigenvalue weighted by Crippen LogP contribution is -2.33. The van der Waals surface area contributed by atoms with Crippen LogP contribution >= 0.6 is 11.6 Å². The predicted molar refractivity (Wildman–Crippen MR) is 104 cm³/mol. The van der Waals surface area contributed by atoms with Crippen molar-refractivity contribution in [3.63, 3.8) is 0 Å². The molecule has 7 heteroatoms. The second-order valence-electron chi connectivity index (χ2n) is 6.77. The smallest absolute Gasteiger partial charge is 0.230 e. The molecular weight excluding hydrogens is 380 g/mol. The standard InChI is InChI=1S/C21H19ClN2O4/c1-13-7-18(28-23-13)11-20(26)24-5-6-27-21-16(12-24)8-15(10-19(21)25)14-3-2-4-17(22)9-14/h2-4,7-10,25H,5-6,11-12H2,1H3. The van der Waals surface area contributed by atoms with Crippen LogP contribution in [0.3, 0.4) is 0 Å². The van der Waals surface area contributed by atoms with Crippen LogP contribution in [0.25, 0.3) is 11.1 Å². The molecule has 0 unspecified atom stereocenters. The number of nitrogens with zero attached hydrogens (tertiary/aromatic N) is 2. The largest absolute Gasteiger partial charge is 0.504 e. The lowest BCUT2D eigenvalue weighted by molar-refractivity contribution is -0.131. The number of hydrogen-bond donors (Lipinski definition) is 1. The molecule has 0 saturated carbocycles. The van der Waals surface area contributed by atoms with Gasteiger partial charge in [-0.15, -0.1) is 0 Å². The van der Waals surface area contributed by atoms with Crippen LogP contribution in [0.4, 0.5) is 0 Å². The van der Waals surface area contributed by atoms with Crippen molar-refractivity contribution in [2.24, 2.45) is 0 Å². The van der Waals surface area contributed by atoms with Gasteiger partial charge in [-0.2, -0.15) is 0 Å². The lowest BCUT2D eigenvalue weighted by Gasteiger charge is -2.19. The average molecular weight is 399 g/mol. The SMILES string of the molecule is Cc1cc(CC(=O)N2CCOc3c(O)cc(-c4cccc(Cl)c4)cc3C2)on1. The second kappa shape index (κ2) is 7.56. The topological polar surface area (TPSA) is 75.8 Å². The number of halogens is 1. The molecule has 1 N–H and O–H groups in total. The summed E-state index contributed by atoms with van der Waals surface area (Å²) in [6.45, 7) is 2.88. The number of phenolic OH excluding ortho intramolecular Hbond substituents is 1. The Morgan fingerprint density at radius 3 is 2.86 bits per heavy atom. The highest BCUT2D eigenvalue weighted by Gasteiger charge is 2.24. The molecule has 4 rings (SSSR count). The van der Waals surface area contributed by atoms with Crippen LogP contribution in [0.1, 0.15) is 17.0 Å². The number of fused-ring (bicyclic) bond motifs is 1. The average Bonchev–Trinajstić information content (AvgIpc) is 2.94. The highest BCUT2D eigenvalue weighted by atomic mass is 35.5. The van der Waals surface area contributed by atoms with Crippen molar-refractivity contribution < 1.29 is 19.2 Å². The summed E-state index contributed by atoms with van der Waals surface area (Å²) in [6.07, 6.45) is 0.135. The summed E-state index contributed by atoms with van der Waals surface area (Å²) in [6, 6.07) is 12.7. The first-order chi connectivity index (χ1) is 13.5. The molecule has 2 aromatic carbocycles. The minimum absolute atomic E-state index is 0.0487. The second-order valence-corrected chi connectivity index (χ2v) is 7.21. The van der Waals surface area contributed by atoms with Crippen LogP contribution in [0, 0.1) is 6.92 Å². The van der Waals surface area contributed by atoms with Crippen molar-refractivity contribution >= 4 is 17.5 Å². The number of hydrogen-bond acceptors (Lipinski definition) is 5. The summed E-state index contributed by atoms with van der Waals surface area (Å²) in [4.78, 5) is 14.4. The Balaban J connectivity index is 1.62. The van der Waals surface area contributed by atoms with Crippen LogP contribution < -0.4 is 4.74 Å². The molecule has 1 amide bonds. The molecule has 0 bridgehead atoms. The van der Waals surface area contributed by atoms with Crippen molar-refractivity contribution in [1.82, 2.24) is 10.1 Å². The van der Waals surface area contributed by atoms with Gasteiger partial charge in [-0.05, 0) is 42.3 Å². The van der Waals surface area contributed by atoms with E-state index in [1.165, 1.54) is 0 Å². The van der Waals surface area contributed by atoms with Crippen molar-refractivity contribution in [3.05, 3.63) is 64.5 Å². The maximum atomic E-state index is 12.7. The minimum atomic E-state index is -0.0831. The number of carbonyl (C=O) groups excluding carboxylic acids is 1. The zero-order chi connectivity index (χ0) is 19.7. The molecule has 0 fully saturated rings. The van der Waals surface area contributed by atoms with E-state index in [-0.39, 0.29) is 18.1 Å². The highest BCUT2D eigenvalue weighted by molar-refractivity contribution is 6.30. The monoisotopic (exact) mass is 398 g/mol.